The third-order valence-electron chi connectivity index (χ3n) is 6.42. The first-order chi connectivity index (χ1) is 15.2. The highest BCUT2D eigenvalue weighted by atomic mass is 16.2. The number of carbonyl (C=O) groups is 1. The molecule has 4 heterocycles. The number of likely N-dealkylation sites (tertiary alicyclic amines) is 1. The molecule has 7 nitrogen and oxygen atoms in total. The van der Waals surface area contributed by atoms with Crippen molar-refractivity contribution in [3.63, 3.8) is 0 Å². The molecule has 0 aliphatic carbocycles. The van der Waals surface area contributed by atoms with E-state index in [4.69, 9.17) is 10.7 Å². The van der Waals surface area contributed by atoms with E-state index in [1.165, 1.54) is 5.56 Å². The number of carbonyl (C=O) groups excluding carboxylic acids is 1. The summed E-state index contributed by atoms with van der Waals surface area (Å²) in [5.74, 6) is -0.00809. The van der Waals surface area contributed by atoms with Crippen LogP contribution in [0.25, 0.3) is 5.65 Å². The van der Waals surface area contributed by atoms with E-state index >= 15 is 0 Å². The molecule has 1 atom stereocenters. The predicted octanol–water partition coefficient (Wildman–Crippen LogP) is 2.54. The molecule has 1 fully saturated rings. The second-order valence-electron chi connectivity index (χ2n) is 8.25. The van der Waals surface area contributed by atoms with Gasteiger partial charge in [0, 0.05) is 49.2 Å². The van der Waals surface area contributed by atoms with Gasteiger partial charge in [-0.1, -0.05) is 36.4 Å². The maximum atomic E-state index is 13.0. The van der Waals surface area contributed by atoms with Gasteiger partial charge in [-0.05, 0) is 30.5 Å². The molecule has 3 aromatic heterocycles. The van der Waals surface area contributed by atoms with Crippen LogP contribution >= 0.6 is 0 Å². The Labute approximate surface area is 180 Å². The summed E-state index contributed by atoms with van der Waals surface area (Å²) in [7, 11) is 0. The zero-order valence-corrected chi connectivity index (χ0v) is 17.3. The average Bonchev–Trinajstić information content (AvgIpc) is 3.49. The molecule has 158 valence electrons. The van der Waals surface area contributed by atoms with Crippen LogP contribution in [-0.2, 0) is 16.6 Å². The fourth-order valence-electron chi connectivity index (χ4n) is 4.68. The van der Waals surface area contributed by atoms with E-state index in [1.807, 2.05) is 35.4 Å². The van der Waals surface area contributed by atoms with Crippen LogP contribution < -0.4 is 5.73 Å². The van der Waals surface area contributed by atoms with Crippen molar-refractivity contribution in [1.82, 2.24) is 24.3 Å². The molecule has 31 heavy (non-hydrogen) atoms. The lowest BCUT2D eigenvalue weighted by Gasteiger charge is -2.42. The Hall–Kier alpha value is -3.45. The number of hydrogen-bond donors (Lipinski definition) is 2. The highest BCUT2D eigenvalue weighted by Crippen LogP contribution is 2.41. The number of fused-ring (bicyclic) bond motifs is 1. The van der Waals surface area contributed by atoms with Gasteiger partial charge in [-0.25, -0.2) is 9.97 Å². The third kappa shape index (κ3) is 3.61. The fourth-order valence-corrected chi connectivity index (χ4v) is 4.68. The molecule has 0 unspecified atom stereocenters. The smallest absolute Gasteiger partial charge is 0.239 e. The predicted molar refractivity (Wildman–Crippen MR) is 118 cm³/mol. The van der Waals surface area contributed by atoms with Crippen LogP contribution in [0.3, 0.4) is 0 Å². The number of amides is 1. The molecule has 1 saturated heterocycles. The monoisotopic (exact) mass is 414 g/mol. The second-order valence-corrected chi connectivity index (χ2v) is 8.25. The van der Waals surface area contributed by atoms with Crippen molar-refractivity contribution in [3.8, 4) is 0 Å². The molecule has 1 aliphatic rings. The first kappa shape index (κ1) is 19.5. The largest absolute Gasteiger partial charge is 0.348 e. The first-order valence-corrected chi connectivity index (χ1v) is 10.7. The lowest BCUT2D eigenvalue weighted by molar-refractivity contribution is -0.134. The van der Waals surface area contributed by atoms with Crippen molar-refractivity contribution in [1.29, 1.82) is 0 Å². The van der Waals surface area contributed by atoms with Crippen LogP contribution in [0.15, 0.2) is 73.4 Å². The molecule has 5 rings (SSSR count). The summed E-state index contributed by atoms with van der Waals surface area (Å²) < 4.78 is 2.07. The van der Waals surface area contributed by atoms with E-state index in [2.05, 4.69) is 44.8 Å². The van der Waals surface area contributed by atoms with Gasteiger partial charge in [0.25, 0.3) is 0 Å². The first-order valence-electron chi connectivity index (χ1n) is 10.7. The molecule has 1 aromatic carbocycles. The van der Waals surface area contributed by atoms with E-state index < -0.39 is 6.04 Å². The van der Waals surface area contributed by atoms with Gasteiger partial charge in [0.05, 0.1) is 18.1 Å². The van der Waals surface area contributed by atoms with Crippen LogP contribution in [-0.4, -0.2) is 49.3 Å². The van der Waals surface area contributed by atoms with Gasteiger partial charge in [0.15, 0.2) is 0 Å². The number of aromatic nitrogens is 4. The number of nitrogens with two attached hydrogens (primary N) is 1. The van der Waals surface area contributed by atoms with Crippen LogP contribution in [0.1, 0.15) is 29.8 Å². The standard InChI is InChI=1S/C24H26N6O/c25-20(14-19-15-26-17-27-19)23(31)29-12-9-24(10-13-29,18-6-2-1-3-7-18)21-16-30-11-5-4-8-22(30)28-21/h1-8,11,15-17,20H,9-10,12-14,25H2,(H,26,27)/t20-/m0/s1. The van der Waals surface area contributed by atoms with Gasteiger partial charge in [-0.2, -0.15) is 0 Å². The number of hydrogen-bond acceptors (Lipinski definition) is 4. The Bertz CT molecular complexity index is 1130. The van der Waals surface area contributed by atoms with Crippen LogP contribution in [0.4, 0.5) is 0 Å². The number of imidazole rings is 2. The SMILES string of the molecule is N[C@@H](Cc1cnc[nH]1)C(=O)N1CCC(c2ccccc2)(c2cn3ccccc3n2)CC1. The second kappa shape index (κ2) is 8.00. The lowest BCUT2D eigenvalue weighted by Crippen LogP contribution is -2.51. The number of piperidine rings is 1. The molecule has 4 aromatic rings. The Balaban J connectivity index is 1.40. The van der Waals surface area contributed by atoms with E-state index in [1.54, 1.807) is 12.5 Å². The summed E-state index contributed by atoms with van der Waals surface area (Å²) >= 11 is 0. The van der Waals surface area contributed by atoms with Crippen molar-refractivity contribution in [2.45, 2.75) is 30.7 Å². The molecule has 0 radical (unpaired) electrons. The van der Waals surface area contributed by atoms with E-state index in [0.29, 0.717) is 19.5 Å². The van der Waals surface area contributed by atoms with E-state index in [-0.39, 0.29) is 11.3 Å². The zero-order valence-electron chi connectivity index (χ0n) is 17.3. The minimum atomic E-state index is -0.570. The van der Waals surface area contributed by atoms with Crippen LogP contribution in [0.2, 0.25) is 0 Å². The minimum Gasteiger partial charge on any atom is -0.348 e. The number of H-pyrrole nitrogens is 1. The van der Waals surface area contributed by atoms with Gasteiger partial charge in [-0.15, -0.1) is 0 Å². The molecular formula is C24H26N6O. The van der Waals surface area contributed by atoms with Crippen LogP contribution in [0, 0.1) is 0 Å². The number of nitrogens with zero attached hydrogens (tertiary/aromatic N) is 4. The summed E-state index contributed by atoms with van der Waals surface area (Å²) in [6.45, 7) is 1.30. The quantitative estimate of drug-likeness (QED) is 0.525. The van der Waals surface area contributed by atoms with Gasteiger partial charge in [-0.3, -0.25) is 4.79 Å². The molecule has 1 amide bonds. The van der Waals surface area contributed by atoms with Crippen LogP contribution in [0.5, 0.6) is 0 Å². The van der Waals surface area contributed by atoms with Crippen molar-refractivity contribution < 1.29 is 4.79 Å². The maximum Gasteiger partial charge on any atom is 0.239 e. The van der Waals surface area contributed by atoms with Gasteiger partial charge in [0.2, 0.25) is 5.91 Å². The summed E-state index contributed by atoms with van der Waals surface area (Å²) in [6, 6.07) is 16.0. The molecular weight excluding hydrogens is 388 g/mol. The highest BCUT2D eigenvalue weighted by Gasteiger charge is 2.41. The number of nitrogens with one attached hydrogen (secondary N) is 1. The summed E-state index contributed by atoms with van der Waals surface area (Å²) in [6.07, 6.45) is 9.56. The van der Waals surface area contributed by atoms with Crippen molar-refractivity contribution in [2.24, 2.45) is 5.73 Å². The number of aromatic amines is 1. The molecule has 3 N–H and O–H groups in total. The number of benzene rings is 1. The zero-order chi connectivity index (χ0) is 21.3. The highest BCUT2D eigenvalue weighted by molar-refractivity contribution is 5.82. The molecule has 0 bridgehead atoms. The Morgan fingerprint density at radius 1 is 1.13 bits per heavy atom. The Morgan fingerprint density at radius 3 is 2.61 bits per heavy atom. The maximum absolute atomic E-state index is 13.0. The number of rotatable bonds is 5. The molecule has 0 spiro atoms. The lowest BCUT2D eigenvalue weighted by atomic mass is 9.70. The summed E-state index contributed by atoms with van der Waals surface area (Å²) in [5.41, 5.74) is 10.1. The van der Waals surface area contributed by atoms with Crippen molar-refractivity contribution in [2.75, 3.05) is 13.1 Å². The van der Waals surface area contributed by atoms with Crippen molar-refractivity contribution >= 4 is 11.6 Å². The topological polar surface area (TPSA) is 92.3 Å². The molecule has 0 saturated carbocycles. The Kier molecular flexibility index (Phi) is 5.03. The Morgan fingerprint density at radius 2 is 1.90 bits per heavy atom. The summed E-state index contributed by atoms with van der Waals surface area (Å²) in [4.78, 5) is 26.9. The summed E-state index contributed by atoms with van der Waals surface area (Å²) in [5, 5.41) is 0. The average molecular weight is 415 g/mol. The minimum absolute atomic E-state index is 0.00809. The molecule has 7 heteroatoms. The third-order valence-corrected chi connectivity index (χ3v) is 6.42. The van der Waals surface area contributed by atoms with Crippen molar-refractivity contribution in [3.05, 3.63) is 90.4 Å². The van der Waals surface area contributed by atoms with E-state index in [0.717, 1.165) is 29.9 Å². The fraction of sp³-hybridized carbons (Fsp3) is 0.292. The van der Waals surface area contributed by atoms with Gasteiger partial charge in [0.1, 0.15) is 5.65 Å². The van der Waals surface area contributed by atoms with Gasteiger partial charge >= 0.3 is 0 Å². The van der Waals surface area contributed by atoms with E-state index in [9.17, 15) is 4.79 Å². The normalized spacial score (nSPS) is 17.0. The van der Waals surface area contributed by atoms with Gasteiger partial charge < -0.3 is 20.0 Å². The molecule has 1 aliphatic heterocycles. The number of pyridine rings is 1.